The van der Waals surface area contributed by atoms with E-state index in [0.717, 1.165) is 0 Å². The molecule has 0 aromatic carbocycles. The highest BCUT2D eigenvalue weighted by Gasteiger charge is 2.11. The van der Waals surface area contributed by atoms with Crippen LogP contribution < -0.4 is 5.32 Å². The number of carboxylic acid groups (broad SMARTS) is 1. The lowest BCUT2D eigenvalue weighted by atomic mass is 10.3. The lowest BCUT2D eigenvalue weighted by Gasteiger charge is -2.16. The molecule has 15 heavy (non-hydrogen) atoms. The van der Waals surface area contributed by atoms with Crippen molar-refractivity contribution in [3.63, 3.8) is 0 Å². The zero-order valence-electron chi connectivity index (χ0n) is 8.65. The minimum Gasteiger partial charge on any atom is -0.465 e. The second kappa shape index (κ2) is 9.23. The van der Waals surface area contributed by atoms with E-state index in [-0.39, 0.29) is 19.3 Å². The van der Waals surface area contributed by atoms with E-state index in [1.54, 1.807) is 12.2 Å². The molecule has 2 N–H and O–H groups in total. The zero-order valence-corrected chi connectivity index (χ0v) is 8.65. The van der Waals surface area contributed by atoms with Gasteiger partial charge in [0.1, 0.15) is 0 Å². The Morgan fingerprint density at radius 2 is 1.73 bits per heavy atom. The van der Waals surface area contributed by atoms with Crippen LogP contribution in [0.2, 0.25) is 0 Å². The topological polar surface area (TPSA) is 67.8 Å². The van der Waals surface area contributed by atoms with E-state index >= 15 is 0 Å². The number of ether oxygens (including phenoxy) is 2. The molecule has 0 aliphatic carbocycles. The van der Waals surface area contributed by atoms with Crippen LogP contribution in [0.25, 0.3) is 0 Å². The van der Waals surface area contributed by atoms with Crippen LogP contribution in [0.3, 0.4) is 0 Å². The first-order valence-electron chi connectivity index (χ1n) is 4.57. The second-order valence-electron chi connectivity index (χ2n) is 2.80. The fourth-order valence-corrected chi connectivity index (χ4v) is 0.893. The third kappa shape index (κ3) is 8.99. The maximum absolute atomic E-state index is 10.4. The molecular weight excluding hydrogens is 198 g/mol. The summed E-state index contributed by atoms with van der Waals surface area (Å²) in [6, 6.07) is -0.373. The van der Waals surface area contributed by atoms with Gasteiger partial charge in [-0.3, -0.25) is 0 Å². The predicted molar refractivity (Wildman–Crippen MR) is 57.0 cm³/mol. The number of rotatable bonds is 9. The first-order chi connectivity index (χ1) is 7.20. The van der Waals surface area contributed by atoms with E-state index in [0.29, 0.717) is 13.2 Å². The summed E-state index contributed by atoms with van der Waals surface area (Å²) in [5.74, 6) is 0. The molecular formula is C10H17NO4. The molecule has 0 spiro atoms. The van der Waals surface area contributed by atoms with Crippen molar-refractivity contribution < 1.29 is 19.4 Å². The zero-order chi connectivity index (χ0) is 11.5. The van der Waals surface area contributed by atoms with E-state index in [4.69, 9.17) is 14.6 Å². The lowest BCUT2D eigenvalue weighted by molar-refractivity contribution is 0.0747. The summed E-state index contributed by atoms with van der Waals surface area (Å²) in [5.41, 5.74) is 0. The highest BCUT2D eigenvalue weighted by molar-refractivity contribution is 5.64. The van der Waals surface area contributed by atoms with E-state index in [2.05, 4.69) is 18.5 Å². The first-order valence-corrected chi connectivity index (χ1v) is 4.57. The Morgan fingerprint density at radius 3 is 2.07 bits per heavy atom. The van der Waals surface area contributed by atoms with Crippen molar-refractivity contribution >= 4 is 6.09 Å². The standard InChI is InChI=1S/C10H17NO4/c1-3-5-14-7-9(11-10(12)13)8-15-6-4-2/h3-4,9,11H,1-2,5-8H2,(H,12,13). The molecule has 0 atom stereocenters. The molecule has 0 bridgehead atoms. The van der Waals surface area contributed by atoms with Crippen LogP contribution in [0.4, 0.5) is 4.79 Å². The number of hydrogen-bond donors (Lipinski definition) is 2. The van der Waals surface area contributed by atoms with Crippen LogP contribution in [-0.2, 0) is 9.47 Å². The molecule has 0 aliphatic heterocycles. The molecule has 0 aliphatic rings. The van der Waals surface area contributed by atoms with Crippen LogP contribution >= 0.6 is 0 Å². The summed E-state index contributed by atoms with van der Waals surface area (Å²) in [5, 5.41) is 10.8. The molecule has 0 aromatic heterocycles. The van der Waals surface area contributed by atoms with Crippen molar-refractivity contribution in [2.45, 2.75) is 6.04 Å². The van der Waals surface area contributed by atoms with Crippen LogP contribution in [0.5, 0.6) is 0 Å². The van der Waals surface area contributed by atoms with Crippen LogP contribution in [0, 0.1) is 0 Å². The van der Waals surface area contributed by atoms with Crippen molar-refractivity contribution in [2.75, 3.05) is 26.4 Å². The van der Waals surface area contributed by atoms with Gasteiger partial charge < -0.3 is 19.9 Å². The normalized spacial score (nSPS) is 9.93. The van der Waals surface area contributed by atoms with Crippen molar-refractivity contribution in [3.8, 4) is 0 Å². The average molecular weight is 215 g/mol. The molecule has 5 nitrogen and oxygen atoms in total. The number of amides is 1. The number of nitrogens with one attached hydrogen (secondary N) is 1. The summed E-state index contributed by atoms with van der Waals surface area (Å²) >= 11 is 0. The average Bonchev–Trinajstić information content (AvgIpc) is 2.17. The van der Waals surface area contributed by atoms with E-state index in [1.807, 2.05) is 0 Å². The Morgan fingerprint density at radius 1 is 1.27 bits per heavy atom. The van der Waals surface area contributed by atoms with Crippen LogP contribution in [0.1, 0.15) is 0 Å². The second-order valence-corrected chi connectivity index (χ2v) is 2.80. The highest BCUT2D eigenvalue weighted by Crippen LogP contribution is 1.90. The van der Waals surface area contributed by atoms with Crippen LogP contribution in [0.15, 0.2) is 25.3 Å². The SMILES string of the molecule is C=CCOCC(COCC=C)NC(=O)O. The Bertz CT molecular complexity index is 192. The number of hydrogen-bond acceptors (Lipinski definition) is 3. The van der Waals surface area contributed by atoms with Crippen molar-refractivity contribution in [1.29, 1.82) is 0 Å². The summed E-state index contributed by atoms with van der Waals surface area (Å²) in [7, 11) is 0. The predicted octanol–water partition coefficient (Wildman–Crippen LogP) is 1.03. The van der Waals surface area contributed by atoms with Gasteiger partial charge in [0.05, 0.1) is 32.5 Å². The largest absolute Gasteiger partial charge is 0.465 e. The first kappa shape index (κ1) is 13.7. The lowest BCUT2D eigenvalue weighted by Crippen LogP contribution is -2.40. The molecule has 5 heteroatoms. The minimum absolute atomic E-state index is 0.259. The summed E-state index contributed by atoms with van der Waals surface area (Å²) in [6.07, 6.45) is 2.11. The Balaban J connectivity index is 3.77. The van der Waals surface area contributed by atoms with Gasteiger partial charge in [0, 0.05) is 0 Å². The molecule has 0 unspecified atom stereocenters. The molecule has 86 valence electrons. The Labute approximate surface area is 89.4 Å². The van der Waals surface area contributed by atoms with E-state index in [1.165, 1.54) is 0 Å². The van der Waals surface area contributed by atoms with Gasteiger partial charge in [-0.1, -0.05) is 12.2 Å². The third-order valence-corrected chi connectivity index (χ3v) is 1.44. The Hall–Kier alpha value is -1.33. The van der Waals surface area contributed by atoms with Gasteiger partial charge in [-0.05, 0) is 0 Å². The fraction of sp³-hybridized carbons (Fsp3) is 0.500. The van der Waals surface area contributed by atoms with E-state index in [9.17, 15) is 4.79 Å². The Kier molecular flexibility index (Phi) is 8.42. The molecule has 0 saturated heterocycles. The fourth-order valence-electron chi connectivity index (χ4n) is 0.893. The van der Waals surface area contributed by atoms with Gasteiger partial charge in [0.15, 0.2) is 0 Å². The van der Waals surface area contributed by atoms with Crippen molar-refractivity contribution in [1.82, 2.24) is 5.32 Å². The van der Waals surface area contributed by atoms with Crippen molar-refractivity contribution in [3.05, 3.63) is 25.3 Å². The van der Waals surface area contributed by atoms with Gasteiger partial charge in [-0.15, -0.1) is 13.2 Å². The maximum Gasteiger partial charge on any atom is 0.405 e. The van der Waals surface area contributed by atoms with Crippen molar-refractivity contribution in [2.24, 2.45) is 0 Å². The summed E-state index contributed by atoms with van der Waals surface area (Å²) in [4.78, 5) is 10.4. The molecule has 0 saturated carbocycles. The molecule has 0 heterocycles. The van der Waals surface area contributed by atoms with Gasteiger partial charge in [0.2, 0.25) is 0 Å². The molecule has 0 radical (unpaired) electrons. The summed E-state index contributed by atoms with van der Waals surface area (Å²) < 4.78 is 10.3. The smallest absolute Gasteiger partial charge is 0.405 e. The van der Waals surface area contributed by atoms with E-state index < -0.39 is 6.09 Å². The molecule has 0 fully saturated rings. The molecule has 0 aromatic rings. The summed E-state index contributed by atoms with van der Waals surface area (Å²) in [6.45, 7) is 8.27. The number of carbonyl (C=O) groups is 1. The van der Waals surface area contributed by atoms with Gasteiger partial charge in [-0.25, -0.2) is 4.79 Å². The van der Waals surface area contributed by atoms with Gasteiger partial charge >= 0.3 is 6.09 Å². The minimum atomic E-state index is -1.09. The maximum atomic E-state index is 10.4. The quantitative estimate of drug-likeness (QED) is 0.445. The monoisotopic (exact) mass is 215 g/mol. The molecule has 0 rings (SSSR count). The molecule has 1 amide bonds. The third-order valence-electron chi connectivity index (χ3n) is 1.44. The van der Waals surface area contributed by atoms with Crippen LogP contribution in [-0.4, -0.2) is 43.7 Å². The van der Waals surface area contributed by atoms with Gasteiger partial charge in [-0.2, -0.15) is 0 Å². The highest BCUT2D eigenvalue weighted by atomic mass is 16.5. The van der Waals surface area contributed by atoms with Gasteiger partial charge in [0.25, 0.3) is 0 Å².